The molecule has 2 heterocycles. The van der Waals surface area contributed by atoms with Gasteiger partial charge in [0, 0.05) is 18.8 Å². The zero-order chi connectivity index (χ0) is 19.7. The van der Waals surface area contributed by atoms with Crippen molar-refractivity contribution in [1.82, 2.24) is 13.1 Å². The molecule has 0 unspecified atom stereocenters. The smallest absolute Gasteiger partial charge is 0.245 e. The van der Waals surface area contributed by atoms with Gasteiger partial charge in [-0.3, -0.25) is 4.79 Å². The molecule has 1 aliphatic heterocycles. The molecule has 2 aromatic carbocycles. The lowest BCUT2D eigenvalue weighted by Gasteiger charge is -2.31. The van der Waals surface area contributed by atoms with E-state index in [0.717, 1.165) is 11.7 Å². The van der Waals surface area contributed by atoms with Crippen molar-refractivity contribution >= 4 is 44.4 Å². The normalized spacial score (nSPS) is 18.2. The number of piperidine rings is 1. The molecule has 1 amide bonds. The number of carbonyl (C=O) groups is 1. The molecule has 0 radical (unpaired) electrons. The van der Waals surface area contributed by atoms with Crippen molar-refractivity contribution in [3.63, 3.8) is 0 Å². The molecule has 2 N–H and O–H groups in total. The van der Waals surface area contributed by atoms with Crippen LogP contribution in [0.15, 0.2) is 47.4 Å². The van der Waals surface area contributed by atoms with Gasteiger partial charge in [-0.05, 0) is 49.2 Å². The minimum absolute atomic E-state index is 0.110. The SMILES string of the molecule is O=C(Nc1ccc(O)cc1)[C@@H]1CCCN(S(=O)(=O)c2cccc3nsnc23)C1. The topological polar surface area (TPSA) is 112 Å². The van der Waals surface area contributed by atoms with E-state index in [-0.39, 0.29) is 23.1 Å². The highest BCUT2D eigenvalue weighted by atomic mass is 32.2. The van der Waals surface area contributed by atoms with Crippen LogP contribution in [0.2, 0.25) is 0 Å². The zero-order valence-electron chi connectivity index (χ0n) is 14.8. The largest absolute Gasteiger partial charge is 0.508 e. The maximum atomic E-state index is 13.2. The standard InChI is InChI=1S/C18H18N4O4S2/c23-14-8-6-13(7-9-14)19-18(24)12-3-2-10-22(11-12)28(25,26)16-5-1-4-15-17(16)21-27-20-15/h1,4-9,12,23H,2-3,10-11H2,(H,19,24)/t12-/m1/s1. The third-order valence-electron chi connectivity index (χ3n) is 4.76. The number of benzene rings is 2. The number of phenolic OH excluding ortho intramolecular Hbond substituents is 1. The van der Waals surface area contributed by atoms with E-state index in [9.17, 15) is 18.3 Å². The lowest BCUT2D eigenvalue weighted by molar-refractivity contribution is -0.120. The van der Waals surface area contributed by atoms with Crippen LogP contribution in [0.4, 0.5) is 5.69 Å². The summed E-state index contributed by atoms with van der Waals surface area (Å²) in [5.74, 6) is -0.581. The number of phenols is 1. The van der Waals surface area contributed by atoms with Gasteiger partial charge in [-0.15, -0.1) is 0 Å². The van der Waals surface area contributed by atoms with Crippen molar-refractivity contribution in [1.29, 1.82) is 0 Å². The maximum absolute atomic E-state index is 13.2. The van der Waals surface area contributed by atoms with Gasteiger partial charge in [0.15, 0.2) is 0 Å². The zero-order valence-corrected chi connectivity index (χ0v) is 16.4. The number of hydrogen-bond acceptors (Lipinski definition) is 7. The summed E-state index contributed by atoms with van der Waals surface area (Å²) in [7, 11) is -3.78. The molecule has 8 nitrogen and oxygen atoms in total. The summed E-state index contributed by atoms with van der Waals surface area (Å²) in [6.07, 6.45) is 1.20. The number of nitrogens with zero attached hydrogens (tertiary/aromatic N) is 3. The molecule has 1 fully saturated rings. The first kappa shape index (κ1) is 18.8. The Bertz CT molecular complexity index is 1110. The average Bonchev–Trinajstić information content (AvgIpc) is 3.18. The monoisotopic (exact) mass is 418 g/mol. The molecule has 1 atom stereocenters. The van der Waals surface area contributed by atoms with Gasteiger partial charge in [0.1, 0.15) is 21.7 Å². The number of fused-ring (bicyclic) bond motifs is 1. The number of anilines is 1. The second kappa shape index (κ2) is 7.46. The molecule has 4 rings (SSSR count). The molecule has 146 valence electrons. The van der Waals surface area contributed by atoms with E-state index in [4.69, 9.17) is 0 Å². The van der Waals surface area contributed by atoms with Crippen molar-refractivity contribution in [2.24, 2.45) is 5.92 Å². The minimum Gasteiger partial charge on any atom is -0.508 e. The van der Waals surface area contributed by atoms with Crippen LogP contribution in [0, 0.1) is 5.92 Å². The van der Waals surface area contributed by atoms with E-state index in [1.165, 1.54) is 22.5 Å². The van der Waals surface area contributed by atoms with Crippen LogP contribution in [0.3, 0.4) is 0 Å². The second-order valence-electron chi connectivity index (χ2n) is 6.63. The molecule has 3 aromatic rings. The first-order chi connectivity index (χ1) is 13.4. The molecular weight excluding hydrogens is 400 g/mol. The molecule has 0 aliphatic carbocycles. The van der Waals surface area contributed by atoms with Crippen LogP contribution >= 0.6 is 11.7 Å². The van der Waals surface area contributed by atoms with Gasteiger partial charge in [0.05, 0.1) is 17.6 Å². The Kier molecular flexibility index (Phi) is 5.00. The third-order valence-corrected chi connectivity index (χ3v) is 7.20. The van der Waals surface area contributed by atoms with Crippen molar-refractivity contribution in [3.8, 4) is 5.75 Å². The molecule has 1 aliphatic rings. The average molecular weight is 419 g/mol. The number of sulfonamides is 1. The maximum Gasteiger partial charge on any atom is 0.245 e. The van der Waals surface area contributed by atoms with E-state index in [0.29, 0.717) is 36.1 Å². The minimum atomic E-state index is -3.78. The van der Waals surface area contributed by atoms with E-state index in [1.54, 1.807) is 24.3 Å². The predicted molar refractivity (Wildman–Crippen MR) is 106 cm³/mol. The van der Waals surface area contributed by atoms with E-state index >= 15 is 0 Å². The Labute approximate surface area is 166 Å². The molecule has 1 aromatic heterocycles. The van der Waals surface area contributed by atoms with Gasteiger partial charge in [-0.25, -0.2) is 8.42 Å². The number of hydrogen-bond donors (Lipinski definition) is 2. The summed E-state index contributed by atoms with van der Waals surface area (Å²) in [6.45, 7) is 0.472. The molecule has 0 saturated carbocycles. The quantitative estimate of drug-likeness (QED) is 0.630. The molecule has 0 bridgehead atoms. The molecule has 28 heavy (non-hydrogen) atoms. The molecule has 0 spiro atoms. The Balaban J connectivity index is 1.53. The summed E-state index contributed by atoms with van der Waals surface area (Å²) in [5.41, 5.74) is 1.47. The summed E-state index contributed by atoms with van der Waals surface area (Å²) in [5, 5.41) is 12.1. The van der Waals surface area contributed by atoms with Crippen LogP contribution < -0.4 is 5.32 Å². The fourth-order valence-electron chi connectivity index (χ4n) is 3.29. The molecular formula is C18H18N4O4S2. The van der Waals surface area contributed by atoms with Gasteiger partial charge in [0.25, 0.3) is 0 Å². The number of aromatic nitrogens is 2. The van der Waals surface area contributed by atoms with Gasteiger partial charge in [-0.1, -0.05) is 6.07 Å². The van der Waals surface area contributed by atoms with Crippen molar-refractivity contribution in [3.05, 3.63) is 42.5 Å². The third kappa shape index (κ3) is 3.58. The van der Waals surface area contributed by atoms with Gasteiger partial charge in [-0.2, -0.15) is 13.1 Å². The van der Waals surface area contributed by atoms with Crippen LogP contribution in [0.5, 0.6) is 5.75 Å². The highest BCUT2D eigenvalue weighted by Crippen LogP contribution is 2.28. The highest BCUT2D eigenvalue weighted by Gasteiger charge is 2.34. The number of carbonyl (C=O) groups excluding carboxylic acids is 1. The molecule has 10 heteroatoms. The lowest BCUT2D eigenvalue weighted by atomic mass is 9.99. The van der Waals surface area contributed by atoms with Crippen molar-refractivity contribution in [2.75, 3.05) is 18.4 Å². The van der Waals surface area contributed by atoms with Gasteiger partial charge < -0.3 is 10.4 Å². The highest BCUT2D eigenvalue weighted by molar-refractivity contribution is 7.89. The summed E-state index contributed by atoms with van der Waals surface area (Å²) in [6, 6.07) is 11.1. The van der Waals surface area contributed by atoms with Crippen molar-refractivity contribution in [2.45, 2.75) is 17.7 Å². The van der Waals surface area contributed by atoms with Crippen LogP contribution in [-0.2, 0) is 14.8 Å². The van der Waals surface area contributed by atoms with E-state index in [2.05, 4.69) is 14.1 Å². The van der Waals surface area contributed by atoms with Gasteiger partial charge >= 0.3 is 0 Å². The number of nitrogens with one attached hydrogen (secondary N) is 1. The molecule has 1 saturated heterocycles. The van der Waals surface area contributed by atoms with E-state index < -0.39 is 15.9 Å². The number of aromatic hydroxyl groups is 1. The summed E-state index contributed by atoms with van der Waals surface area (Å²) >= 11 is 0.973. The van der Waals surface area contributed by atoms with Gasteiger partial charge in [0.2, 0.25) is 15.9 Å². The summed E-state index contributed by atoms with van der Waals surface area (Å²) < 4.78 is 35.9. The Morgan fingerprint density at radius 1 is 1.18 bits per heavy atom. The number of amides is 1. The fourth-order valence-corrected chi connectivity index (χ4v) is 5.57. The fraction of sp³-hybridized carbons (Fsp3) is 0.278. The van der Waals surface area contributed by atoms with E-state index in [1.807, 2.05) is 0 Å². The van der Waals surface area contributed by atoms with Crippen LogP contribution in [0.1, 0.15) is 12.8 Å². The Morgan fingerprint density at radius 3 is 2.75 bits per heavy atom. The lowest BCUT2D eigenvalue weighted by Crippen LogP contribution is -2.43. The summed E-state index contributed by atoms with van der Waals surface area (Å²) in [4.78, 5) is 12.7. The predicted octanol–water partition coefficient (Wildman–Crippen LogP) is 2.44. The Morgan fingerprint density at radius 2 is 1.96 bits per heavy atom. The van der Waals surface area contributed by atoms with Crippen LogP contribution in [0.25, 0.3) is 11.0 Å². The Hall–Kier alpha value is -2.56. The first-order valence-corrected chi connectivity index (χ1v) is 10.9. The second-order valence-corrected chi connectivity index (χ2v) is 9.06. The number of rotatable bonds is 4. The first-order valence-electron chi connectivity index (χ1n) is 8.76. The van der Waals surface area contributed by atoms with Crippen molar-refractivity contribution < 1.29 is 18.3 Å². The van der Waals surface area contributed by atoms with Crippen LogP contribution in [-0.4, -0.2) is 45.6 Å².